The number of pyridine rings is 1. The summed E-state index contributed by atoms with van der Waals surface area (Å²) in [5.74, 6) is -0.233. The van der Waals surface area contributed by atoms with Gasteiger partial charge < -0.3 is 4.57 Å². The number of carbonyl (C=O) groups excluding carboxylic acids is 1. The highest BCUT2D eigenvalue weighted by atomic mass is 35.5. The molecule has 4 rings (SSSR count). The van der Waals surface area contributed by atoms with Crippen molar-refractivity contribution >= 4 is 17.4 Å². The van der Waals surface area contributed by atoms with Gasteiger partial charge >= 0.3 is 0 Å². The van der Waals surface area contributed by atoms with E-state index in [4.69, 9.17) is 16.7 Å². The van der Waals surface area contributed by atoms with Crippen LogP contribution in [0.25, 0.3) is 22.6 Å². The van der Waals surface area contributed by atoms with Gasteiger partial charge in [-0.2, -0.15) is 5.10 Å². The van der Waals surface area contributed by atoms with E-state index in [0.29, 0.717) is 28.6 Å². The van der Waals surface area contributed by atoms with Crippen LogP contribution in [0.5, 0.6) is 0 Å². The third-order valence-electron chi connectivity index (χ3n) is 5.32. The zero-order valence-corrected chi connectivity index (χ0v) is 17.1. The molecule has 1 atom stereocenters. The summed E-state index contributed by atoms with van der Waals surface area (Å²) in [5.41, 5.74) is 2.83. The normalized spacial score (nSPS) is 15.8. The predicted octanol–water partition coefficient (Wildman–Crippen LogP) is 4.84. The van der Waals surface area contributed by atoms with E-state index in [2.05, 4.69) is 20.8 Å². The van der Waals surface area contributed by atoms with Crippen molar-refractivity contribution in [3.05, 3.63) is 63.4 Å². The number of fused-ring (bicyclic) bond motifs is 3. The van der Waals surface area contributed by atoms with Gasteiger partial charge in [-0.3, -0.25) is 14.3 Å². The first-order chi connectivity index (χ1) is 13.2. The van der Waals surface area contributed by atoms with E-state index < -0.39 is 0 Å². The molecule has 6 heteroatoms. The second kappa shape index (κ2) is 6.45. The van der Waals surface area contributed by atoms with Crippen LogP contribution in [0.15, 0.2) is 47.4 Å². The molecule has 0 saturated carbocycles. The summed E-state index contributed by atoms with van der Waals surface area (Å²) >= 11 is 6.76. The number of nitrogens with zero attached hydrogens (tertiary/aromatic N) is 3. The number of halogens is 1. The molecule has 0 radical (unpaired) electrons. The molecular formula is C22H22ClN3O2. The van der Waals surface area contributed by atoms with Crippen molar-refractivity contribution in [2.45, 2.75) is 40.3 Å². The molecule has 0 bridgehead atoms. The molecule has 0 aliphatic carbocycles. The van der Waals surface area contributed by atoms with Crippen LogP contribution in [0.3, 0.4) is 0 Å². The van der Waals surface area contributed by atoms with E-state index in [1.165, 1.54) is 13.0 Å². The maximum absolute atomic E-state index is 12.6. The fourth-order valence-electron chi connectivity index (χ4n) is 3.80. The minimum atomic E-state index is -0.293. The van der Waals surface area contributed by atoms with Gasteiger partial charge in [0.15, 0.2) is 11.2 Å². The molecule has 3 aromatic rings. The van der Waals surface area contributed by atoms with Gasteiger partial charge in [-0.1, -0.05) is 62.7 Å². The first-order valence-electron chi connectivity index (χ1n) is 9.27. The molecule has 0 fully saturated rings. The monoisotopic (exact) mass is 395 g/mol. The van der Waals surface area contributed by atoms with E-state index in [1.54, 1.807) is 6.20 Å². The molecule has 3 heterocycles. The fourth-order valence-corrected chi connectivity index (χ4v) is 4.14. The molecule has 1 aliphatic rings. The molecule has 1 aromatic carbocycles. The van der Waals surface area contributed by atoms with Crippen molar-refractivity contribution in [1.82, 2.24) is 14.3 Å². The number of rotatable bonds is 2. The molecule has 144 valence electrons. The second-order valence-corrected chi connectivity index (χ2v) is 8.72. The molecule has 0 amide bonds. The Balaban J connectivity index is 2.01. The van der Waals surface area contributed by atoms with E-state index in [0.717, 1.165) is 5.56 Å². The molecular weight excluding hydrogens is 374 g/mol. The van der Waals surface area contributed by atoms with Crippen molar-refractivity contribution < 1.29 is 4.79 Å². The summed E-state index contributed by atoms with van der Waals surface area (Å²) in [4.78, 5) is 24.5. The van der Waals surface area contributed by atoms with Crippen LogP contribution in [0.2, 0.25) is 5.02 Å². The number of carbonyl (C=O) groups is 1. The summed E-state index contributed by atoms with van der Waals surface area (Å²) in [5, 5.41) is 5.29. The molecule has 0 saturated heterocycles. The van der Waals surface area contributed by atoms with Crippen molar-refractivity contribution in [1.29, 1.82) is 0 Å². The Morgan fingerprint density at radius 2 is 1.89 bits per heavy atom. The molecule has 1 aliphatic heterocycles. The minimum absolute atomic E-state index is 0.0216. The summed E-state index contributed by atoms with van der Waals surface area (Å²) in [6, 6.07) is 11.3. The van der Waals surface area contributed by atoms with Crippen LogP contribution in [0, 0.1) is 5.41 Å². The highest BCUT2D eigenvalue weighted by Gasteiger charge is 2.36. The standard InChI is InChI=1S/C22H22ClN3O2/c1-13(27)15-11-25-16(10-17(15)28)21-19(23)20(14-8-6-5-7-9-14)24-26(21)12-18(25)22(2,3)4/h5-11,18H,12H2,1-4H3/t18-/m0/s1. The molecule has 2 aromatic heterocycles. The summed E-state index contributed by atoms with van der Waals surface area (Å²) in [7, 11) is 0. The predicted molar refractivity (Wildman–Crippen MR) is 111 cm³/mol. The third-order valence-corrected chi connectivity index (χ3v) is 5.68. The third kappa shape index (κ3) is 2.90. The first kappa shape index (κ1) is 18.7. The van der Waals surface area contributed by atoms with Crippen LogP contribution in [-0.4, -0.2) is 20.1 Å². The lowest BCUT2D eigenvalue weighted by Gasteiger charge is -2.38. The van der Waals surface area contributed by atoms with Gasteiger partial charge in [0.2, 0.25) is 0 Å². The van der Waals surface area contributed by atoms with Gasteiger partial charge in [-0.15, -0.1) is 0 Å². The van der Waals surface area contributed by atoms with Gasteiger partial charge in [0, 0.05) is 17.8 Å². The zero-order chi connectivity index (χ0) is 20.2. The highest BCUT2D eigenvalue weighted by Crippen LogP contribution is 2.44. The van der Waals surface area contributed by atoms with Gasteiger partial charge in [0.1, 0.15) is 11.4 Å². The Hall–Kier alpha value is -2.66. The van der Waals surface area contributed by atoms with Crippen LogP contribution >= 0.6 is 11.6 Å². The molecule has 0 N–H and O–H groups in total. The Labute approximate surface area is 168 Å². The van der Waals surface area contributed by atoms with E-state index in [1.807, 2.05) is 39.6 Å². The Kier molecular flexibility index (Phi) is 4.31. The number of benzene rings is 1. The van der Waals surface area contributed by atoms with Crippen LogP contribution in [0.1, 0.15) is 44.1 Å². The van der Waals surface area contributed by atoms with Crippen molar-refractivity contribution in [3.8, 4) is 22.6 Å². The molecule has 0 unspecified atom stereocenters. The van der Waals surface area contributed by atoms with Crippen molar-refractivity contribution in [3.63, 3.8) is 0 Å². The molecule has 0 spiro atoms. The van der Waals surface area contributed by atoms with Gasteiger partial charge in [-0.25, -0.2) is 0 Å². The quantitative estimate of drug-likeness (QED) is 0.583. The number of hydrogen-bond donors (Lipinski definition) is 0. The number of aromatic nitrogens is 3. The number of hydrogen-bond acceptors (Lipinski definition) is 3. The molecule has 28 heavy (non-hydrogen) atoms. The Bertz CT molecular complexity index is 1140. The lowest BCUT2D eigenvalue weighted by molar-refractivity contribution is 0.101. The maximum Gasteiger partial charge on any atom is 0.193 e. The number of ketones is 1. The SMILES string of the molecule is CC(=O)c1cn2c(cc1=O)-c1c(Cl)c(-c3ccccc3)nn1C[C@H]2C(C)(C)C. The lowest BCUT2D eigenvalue weighted by atomic mass is 9.85. The first-order valence-corrected chi connectivity index (χ1v) is 9.65. The summed E-state index contributed by atoms with van der Waals surface area (Å²) in [6.45, 7) is 8.45. The van der Waals surface area contributed by atoms with Crippen LogP contribution in [-0.2, 0) is 6.54 Å². The van der Waals surface area contributed by atoms with Gasteiger partial charge in [0.25, 0.3) is 0 Å². The van der Waals surface area contributed by atoms with Gasteiger partial charge in [-0.05, 0) is 12.3 Å². The smallest absolute Gasteiger partial charge is 0.193 e. The Morgan fingerprint density at radius 1 is 1.21 bits per heavy atom. The van der Waals surface area contributed by atoms with Crippen molar-refractivity contribution in [2.75, 3.05) is 0 Å². The van der Waals surface area contributed by atoms with E-state index in [9.17, 15) is 9.59 Å². The highest BCUT2D eigenvalue weighted by molar-refractivity contribution is 6.35. The van der Waals surface area contributed by atoms with Crippen LogP contribution < -0.4 is 5.43 Å². The summed E-state index contributed by atoms with van der Waals surface area (Å²) < 4.78 is 3.92. The van der Waals surface area contributed by atoms with Gasteiger partial charge in [0.05, 0.1) is 28.9 Å². The minimum Gasteiger partial charge on any atom is -0.340 e. The molecule has 5 nitrogen and oxygen atoms in total. The lowest BCUT2D eigenvalue weighted by Crippen LogP contribution is -2.35. The van der Waals surface area contributed by atoms with E-state index >= 15 is 0 Å². The second-order valence-electron chi connectivity index (χ2n) is 8.34. The zero-order valence-electron chi connectivity index (χ0n) is 16.4. The van der Waals surface area contributed by atoms with E-state index in [-0.39, 0.29) is 28.2 Å². The average molecular weight is 396 g/mol. The van der Waals surface area contributed by atoms with Crippen molar-refractivity contribution in [2.24, 2.45) is 5.41 Å². The Morgan fingerprint density at radius 3 is 2.50 bits per heavy atom. The fraction of sp³-hybridized carbons (Fsp3) is 0.318. The average Bonchev–Trinajstić information content (AvgIpc) is 2.97. The maximum atomic E-state index is 12.6. The number of Topliss-reactive ketones (excluding diaryl/α,β-unsaturated/α-hetero) is 1. The summed E-state index contributed by atoms with van der Waals surface area (Å²) in [6.07, 6.45) is 1.69. The van der Waals surface area contributed by atoms with Crippen LogP contribution in [0.4, 0.5) is 0 Å². The topological polar surface area (TPSA) is 56.9 Å². The largest absolute Gasteiger partial charge is 0.340 e.